The van der Waals surface area contributed by atoms with Gasteiger partial charge in [-0.3, -0.25) is 4.79 Å². The van der Waals surface area contributed by atoms with Crippen LogP contribution in [0.1, 0.15) is 92.9 Å². The lowest BCUT2D eigenvalue weighted by Crippen LogP contribution is -2.65. The minimum atomic E-state index is -0.750. The molecule has 5 heteroatoms. The molecule has 33 heavy (non-hydrogen) atoms. The van der Waals surface area contributed by atoms with Crippen LogP contribution in [0.25, 0.3) is 0 Å². The van der Waals surface area contributed by atoms with Gasteiger partial charge in [-0.2, -0.15) is 0 Å². The van der Waals surface area contributed by atoms with Gasteiger partial charge in [0.05, 0.1) is 18.3 Å². The molecule has 4 aliphatic carbocycles. The Bertz CT molecular complexity index is 745. The van der Waals surface area contributed by atoms with E-state index >= 15 is 0 Å². The maximum Gasteiger partial charge on any atom is 0.303 e. The van der Waals surface area contributed by atoms with Crippen molar-refractivity contribution >= 4 is 5.97 Å². The van der Waals surface area contributed by atoms with Crippen LogP contribution in [0.3, 0.4) is 0 Å². The van der Waals surface area contributed by atoms with Crippen LogP contribution in [-0.2, 0) is 4.79 Å². The number of aliphatic carboxylic acids is 1. The lowest BCUT2D eigenvalue weighted by molar-refractivity contribution is -0.233. The fraction of sp³-hybridized carbons (Fsp3) is 0.964. The molecule has 0 aromatic carbocycles. The lowest BCUT2D eigenvalue weighted by Gasteiger charge is -2.67. The molecule has 0 saturated heterocycles. The van der Waals surface area contributed by atoms with Crippen molar-refractivity contribution in [2.45, 2.75) is 111 Å². The Morgan fingerprint density at radius 1 is 0.970 bits per heavy atom. The number of aliphatic hydroxyl groups is 3. The maximum atomic E-state index is 11.8. The molecule has 4 saturated carbocycles. The maximum absolute atomic E-state index is 11.8. The Hall–Kier alpha value is -0.650. The molecule has 0 bridgehead atoms. The third kappa shape index (κ3) is 3.89. The van der Waals surface area contributed by atoms with Crippen molar-refractivity contribution in [1.29, 1.82) is 0 Å². The van der Waals surface area contributed by atoms with Gasteiger partial charge in [-0.1, -0.05) is 41.5 Å². The predicted octanol–water partition coefficient (Wildman–Crippen LogP) is 4.72. The summed E-state index contributed by atoms with van der Waals surface area (Å²) in [5.41, 5.74) is -0.220. The molecule has 0 aromatic heterocycles. The molecule has 0 spiro atoms. The summed E-state index contributed by atoms with van der Waals surface area (Å²) in [6.45, 7) is 13.7. The van der Waals surface area contributed by atoms with Gasteiger partial charge in [0.15, 0.2) is 0 Å². The van der Waals surface area contributed by atoms with Gasteiger partial charge in [-0.25, -0.2) is 0 Å². The van der Waals surface area contributed by atoms with E-state index < -0.39 is 12.1 Å². The van der Waals surface area contributed by atoms with Gasteiger partial charge >= 0.3 is 5.97 Å². The Labute approximate surface area is 200 Å². The lowest BCUT2D eigenvalue weighted by atomic mass is 9.39. The minimum absolute atomic E-state index is 0.00328. The topological polar surface area (TPSA) is 98.0 Å². The summed E-state index contributed by atoms with van der Waals surface area (Å²) in [5, 5.41) is 43.2. The molecule has 190 valence electrons. The van der Waals surface area contributed by atoms with E-state index in [-0.39, 0.29) is 64.5 Å². The third-order valence-corrected chi connectivity index (χ3v) is 11.5. The van der Waals surface area contributed by atoms with Crippen LogP contribution in [0.2, 0.25) is 0 Å². The second-order valence-electron chi connectivity index (χ2n) is 13.9. The monoisotopic (exact) mass is 464 g/mol. The van der Waals surface area contributed by atoms with Crippen molar-refractivity contribution < 1.29 is 25.2 Å². The van der Waals surface area contributed by atoms with Crippen LogP contribution >= 0.6 is 0 Å². The summed E-state index contributed by atoms with van der Waals surface area (Å²) in [6.07, 6.45) is 4.76. The van der Waals surface area contributed by atoms with Crippen molar-refractivity contribution in [1.82, 2.24) is 0 Å². The highest BCUT2D eigenvalue weighted by Gasteiger charge is 2.68. The molecule has 12 atom stereocenters. The number of rotatable bonds is 4. The van der Waals surface area contributed by atoms with E-state index in [1.54, 1.807) is 0 Å². The average Bonchev–Trinajstić information content (AvgIpc) is 3.05. The molecule has 0 radical (unpaired) electrons. The number of hydrogen-bond donors (Lipinski definition) is 4. The predicted molar refractivity (Wildman–Crippen MR) is 128 cm³/mol. The van der Waals surface area contributed by atoms with Crippen molar-refractivity contribution in [2.24, 2.45) is 57.7 Å². The van der Waals surface area contributed by atoms with E-state index in [1.807, 2.05) is 0 Å². The van der Waals surface area contributed by atoms with Gasteiger partial charge in [-0.05, 0) is 103 Å². The van der Waals surface area contributed by atoms with Gasteiger partial charge in [0, 0.05) is 6.42 Å². The van der Waals surface area contributed by atoms with Crippen LogP contribution in [0.4, 0.5) is 0 Å². The van der Waals surface area contributed by atoms with E-state index in [2.05, 4.69) is 41.5 Å². The van der Waals surface area contributed by atoms with Gasteiger partial charge in [-0.15, -0.1) is 0 Å². The third-order valence-electron chi connectivity index (χ3n) is 11.5. The molecule has 4 N–H and O–H groups in total. The van der Waals surface area contributed by atoms with E-state index in [0.717, 1.165) is 32.1 Å². The first-order valence-electron chi connectivity index (χ1n) is 13.5. The first-order valence-corrected chi connectivity index (χ1v) is 13.5. The van der Waals surface area contributed by atoms with Crippen LogP contribution < -0.4 is 0 Å². The zero-order valence-electron chi connectivity index (χ0n) is 21.6. The summed E-state index contributed by atoms with van der Waals surface area (Å²) in [7, 11) is 0. The van der Waals surface area contributed by atoms with Crippen molar-refractivity contribution in [2.75, 3.05) is 0 Å². The quantitative estimate of drug-likeness (QED) is 0.483. The average molecular weight is 465 g/mol. The molecule has 4 rings (SSSR count). The summed E-state index contributed by atoms with van der Waals surface area (Å²) < 4.78 is 0. The van der Waals surface area contributed by atoms with Crippen molar-refractivity contribution in [3.05, 3.63) is 0 Å². The smallest absolute Gasteiger partial charge is 0.303 e. The van der Waals surface area contributed by atoms with Gasteiger partial charge in [0.25, 0.3) is 0 Å². The van der Waals surface area contributed by atoms with Gasteiger partial charge in [0.1, 0.15) is 0 Å². The summed E-state index contributed by atoms with van der Waals surface area (Å²) in [5.74, 6) is 1.12. The molecule has 0 aliphatic heterocycles. The molecular formula is C28H48O5. The Kier molecular flexibility index (Phi) is 6.54. The molecule has 0 aromatic rings. The zero-order chi connectivity index (χ0) is 24.5. The highest BCUT2D eigenvalue weighted by molar-refractivity contribution is 5.66. The molecule has 1 unspecified atom stereocenters. The van der Waals surface area contributed by atoms with E-state index in [9.17, 15) is 25.2 Å². The molecule has 0 amide bonds. The number of carboxylic acid groups (broad SMARTS) is 1. The minimum Gasteiger partial charge on any atom is -0.481 e. The van der Waals surface area contributed by atoms with Crippen LogP contribution in [0.5, 0.6) is 0 Å². The fourth-order valence-corrected chi connectivity index (χ4v) is 10.1. The molecule has 4 aliphatic rings. The van der Waals surface area contributed by atoms with E-state index in [1.165, 1.54) is 0 Å². The van der Waals surface area contributed by atoms with Crippen LogP contribution in [0.15, 0.2) is 0 Å². The first kappa shape index (κ1) is 25.4. The normalized spacial score (nSPS) is 50.8. The highest BCUT2D eigenvalue weighted by atomic mass is 16.4. The molecule has 4 fully saturated rings. The highest BCUT2D eigenvalue weighted by Crippen LogP contribution is 2.70. The molecule has 5 nitrogen and oxygen atoms in total. The number of aliphatic hydroxyl groups excluding tert-OH is 3. The second kappa shape index (κ2) is 8.48. The summed E-state index contributed by atoms with van der Waals surface area (Å²) in [6, 6.07) is 0. The summed E-state index contributed by atoms with van der Waals surface area (Å²) in [4.78, 5) is 11.2. The zero-order valence-corrected chi connectivity index (χ0v) is 21.6. The van der Waals surface area contributed by atoms with Crippen molar-refractivity contribution in [3.8, 4) is 0 Å². The first-order chi connectivity index (χ1) is 15.2. The number of carbonyl (C=O) groups is 1. The number of hydrogen-bond acceptors (Lipinski definition) is 4. The van der Waals surface area contributed by atoms with Gasteiger partial charge < -0.3 is 20.4 Å². The Balaban J connectivity index is 1.69. The van der Waals surface area contributed by atoms with Gasteiger partial charge in [0.2, 0.25) is 0 Å². The summed E-state index contributed by atoms with van der Waals surface area (Å²) >= 11 is 0. The van der Waals surface area contributed by atoms with E-state index in [4.69, 9.17) is 0 Å². The fourth-order valence-electron chi connectivity index (χ4n) is 10.1. The Morgan fingerprint density at radius 2 is 1.64 bits per heavy atom. The Morgan fingerprint density at radius 3 is 2.24 bits per heavy atom. The largest absolute Gasteiger partial charge is 0.481 e. The number of fused-ring (bicyclic) bond motifs is 5. The second-order valence-corrected chi connectivity index (χ2v) is 13.9. The van der Waals surface area contributed by atoms with E-state index in [0.29, 0.717) is 24.7 Å². The standard InChI is InChI=1S/C28H48O5/c1-15(7-10-24(32)33)18-8-9-19-25-20(14-23(31)28(18,19)6)27(5)16(12-21(25)30)11-17(29)13-22(27)26(2,3)4/h15-23,25,29-31H,7-14H2,1-6H3,(H,32,33)/t15-,16+,17+,18-,19+,20+,21-,22?,23+,25+,27+,28-/m1/s1. The van der Waals surface area contributed by atoms with Crippen LogP contribution in [-0.4, -0.2) is 44.7 Å². The van der Waals surface area contributed by atoms with Crippen LogP contribution in [0, 0.1) is 57.7 Å². The molecule has 0 heterocycles. The SMILES string of the molecule is C[C@H](CCC(=O)O)[C@H]1CC[C@H]2[C@@H]3[C@H](O)C[C@@H]4C[C@H](O)CC(C(C)(C)C)[C@]4(C)[C@H]3C[C@H](O)[C@]12C. The number of carboxylic acids is 1. The van der Waals surface area contributed by atoms with Crippen molar-refractivity contribution in [3.63, 3.8) is 0 Å². The molecular weight excluding hydrogens is 416 g/mol.